The minimum Gasteiger partial charge on any atom is -0.0859 e. The molecule has 1 saturated carbocycles. The van der Waals surface area contributed by atoms with Crippen LogP contribution in [0.3, 0.4) is 0 Å². The molecule has 0 amide bonds. The predicted molar refractivity (Wildman–Crippen MR) is 42.0 cm³/mol. The molecule has 2 unspecified atom stereocenters. The van der Waals surface area contributed by atoms with Crippen molar-refractivity contribution in [2.45, 2.75) is 37.8 Å². The van der Waals surface area contributed by atoms with Crippen molar-refractivity contribution in [3.63, 3.8) is 0 Å². The van der Waals surface area contributed by atoms with Crippen molar-refractivity contribution in [2.75, 3.05) is 0 Å². The molecule has 0 saturated heterocycles. The van der Waals surface area contributed by atoms with Crippen molar-refractivity contribution in [3.05, 3.63) is 0 Å². The van der Waals surface area contributed by atoms with Gasteiger partial charge in [0.2, 0.25) is 0 Å². The van der Waals surface area contributed by atoms with E-state index in [2.05, 4.69) is 0 Å². The summed E-state index contributed by atoms with van der Waals surface area (Å²) in [6, 6.07) is 0. The van der Waals surface area contributed by atoms with Crippen LogP contribution in [-0.2, 0) is 0 Å². The van der Waals surface area contributed by atoms with Crippen LogP contribution in [0, 0.1) is 5.92 Å². The molecule has 46 valence electrons. The summed E-state index contributed by atoms with van der Waals surface area (Å²) < 4.78 is 0. The summed E-state index contributed by atoms with van der Waals surface area (Å²) in [5, 5.41) is 0. The standard InChI is InChI=1S/C7H12B2/c8-5-6-2-1-3-7(9)4-6/h6-7H,1-5H2. The Balaban J connectivity index is 2.23. The van der Waals surface area contributed by atoms with E-state index >= 15 is 0 Å². The molecule has 1 fully saturated rings. The molecule has 2 atom stereocenters. The van der Waals surface area contributed by atoms with Crippen LogP contribution in [0.4, 0.5) is 0 Å². The Labute approximate surface area is 60.2 Å². The van der Waals surface area contributed by atoms with Crippen LogP contribution in [0.5, 0.6) is 0 Å². The van der Waals surface area contributed by atoms with Crippen molar-refractivity contribution in [1.82, 2.24) is 0 Å². The molecule has 9 heavy (non-hydrogen) atoms. The zero-order valence-corrected chi connectivity index (χ0v) is 5.84. The second kappa shape index (κ2) is 3.34. The van der Waals surface area contributed by atoms with Gasteiger partial charge in [0, 0.05) is 0 Å². The van der Waals surface area contributed by atoms with Crippen molar-refractivity contribution < 1.29 is 0 Å². The Morgan fingerprint density at radius 2 is 2.11 bits per heavy atom. The smallest absolute Gasteiger partial charge is 0.0699 e. The van der Waals surface area contributed by atoms with Gasteiger partial charge in [-0.1, -0.05) is 37.8 Å². The molecule has 0 nitrogen and oxygen atoms in total. The van der Waals surface area contributed by atoms with Gasteiger partial charge < -0.3 is 0 Å². The average Bonchev–Trinajstić information content (AvgIpc) is 1.88. The normalized spacial score (nSPS) is 36.4. The van der Waals surface area contributed by atoms with Crippen molar-refractivity contribution >= 4 is 15.7 Å². The highest BCUT2D eigenvalue weighted by Gasteiger charge is 2.15. The minimum atomic E-state index is 0.437. The van der Waals surface area contributed by atoms with Crippen molar-refractivity contribution in [3.8, 4) is 0 Å². The molecule has 1 rings (SSSR count). The summed E-state index contributed by atoms with van der Waals surface area (Å²) in [6.45, 7) is 0. The van der Waals surface area contributed by atoms with Gasteiger partial charge in [-0.2, -0.15) is 0 Å². The molecule has 0 spiro atoms. The second-order valence-electron chi connectivity index (χ2n) is 3.03. The third kappa shape index (κ3) is 2.08. The molecule has 0 heterocycles. The predicted octanol–water partition coefficient (Wildman–Crippen LogP) is 1.72. The lowest BCUT2D eigenvalue weighted by Crippen LogP contribution is -2.10. The first-order valence-electron chi connectivity index (χ1n) is 3.78. The highest BCUT2D eigenvalue weighted by Crippen LogP contribution is 2.32. The maximum Gasteiger partial charge on any atom is 0.0699 e. The zero-order valence-electron chi connectivity index (χ0n) is 5.84. The summed E-state index contributed by atoms with van der Waals surface area (Å²) >= 11 is 0. The Kier molecular flexibility index (Phi) is 2.68. The lowest BCUT2D eigenvalue weighted by atomic mass is 9.68. The van der Waals surface area contributed by atoms with Crippen LogP contribution in [0.1, 0.15) is 25.7 Å². The molecule has 0 aromatic rings. The topological polar surface area (TPSA) is 0 Å². The second-order valence-corrected chi connectivity index (χ2v) is 3.03. The van der Waals surface area contributed by atoms with E-state index in [1.807, 2.05) is 0 Å². The molecule has 4 radical (unpaired) electrons. The van der Waals surface area contributed by atoms with Crippen LogP contribution in [0.15, 0.2) is 0 Å². The minimum absolute atomic E-state index is 0.437. The van der Waals surface area contributed by atoms with Gasteiger partial charge >= 0.3 is 0 Å². The fourth-order valence-corrected chi connectivity index (χ4v) is 1.55. The Bertz CT molecular complexity index is 83.0. The molecule has 0 aliphatic heterocycles. The Morgan fingerprint density at radius 3 is 2.56 bits per heavy atom. The molecule has 2 heteroatoms. The maximum absolute atomic E-state index is 5.75. The van der Waals surface area contributed by atoms with E-state index in [1.54, 1.807) is 0 Å². The van der Waals surface area contributed by atoms with E-state index in [-0.39, 0.29) is 0 Å². The van der Waals surface area contributed by atoms with Crippen LogP contribution in [0.25, 0.3) is 0 Å². The highest BCUT2D eigenvalue weighted by atomic mass is 14.2. The molecule has 0 aromatic heterocycles. The van der Waals surface area contributed by atoms with Crippen molar-refractivity contribution in [1.29, 1.82) is 0 Å². The van der Waals surface area contributed by atoms with E-state index < -0.39 is 0 Å². The van der Waals surface area contributed by atoms with Gasteiger partial charge in [0.15, 0.2) is 0 Å². The molecule has 0 N–H and O–H groups in total. The molecule has 1 aliphatic rings. The van der Waals surface area contributed by atoms with Gasteiger partial charge in [0.05, 0.1) is 15.7 Å². The van der Waals surface area contributed by atoms with Gasteiger partial charge in [0.1, 0.15) is 0 Å². The fourth-order valence-electron chi connectivity index (χ4n) is 1.55. The summed E-state index contributed by atoms with van der Waals surface area (Å²) in [6.07, 6.45) is 5.76. The molecular formula is C7H12B2. The van der Waals surface area contributed by atoms with E-state index in [4.69, 9.17) is 15.7 Å². The first-order chi connectivity index (χ1) is 4.33. The zero-order chi connectivity index (χ0) is 6.69. The fraction of sp³-hybridized carbons (Fsp3) is 1.00. The van der Waals surface area contributed by atoms with E-state index in [9.17, 15) is 0 Å². The maximum atomic E-state index is 5.75. The number of rotatable bonds is 1. The number of hydrogen-bond donors (Lipinski definition) is 0. The van der Waals surface area contributed by atoms with E-state index in [0.29, 0.717) is 11.7 Å². The summed E-state index contributed by atoms with van der Waals surface area (Å²) in [4.78, 5) is 0. The van der Waals surface area contributed by atoms with Crippen LogP contribution >= 0.6 is 0 Å². The first-order valence-corrected chi connectivity index (χ1v) is 3.78. The lowest BCUT2D eigenvalue weighted by Gasteiger charge is -2.25. The quantitative estimate of drug-likeness (QED) is 0.459. The first kappa shape index (κ1) is 7.24. The largest absolute Gasteiger partial charge is 0.0859 e. The molecular weight excluding hydrogens is 106 g/mol. The van der Waals surface area contributed by atoms with Crippen LogP contribution < -0.4 is 0 Å². The third-order valence-electron chi connectivity index (χ3n) is 2.16. The van der Waals surface area contributed by atoms with Gasteiger partial charge in [-0.15, -0.1) is 0 Å². The van der Waals surface area contributed by atoms with Gasteiger partial charge in [-0.25, -0.2) is 0 Å². The average molecular weight is 118 g/mol. The lowest BCUT2D eigenvalue weighted by molar-refractivity contribution is 0.386. The Hall–Kier alpha value is 0.130. The molecule has 0 bridgehead atoms. The Morgan fingerprint density at radius 1 is 1.33 bits per heavy atom. The van der Waals surface area contributed by atoms with Gasteiger partial charge in [-0.05, 0) is 5.92 Å². The summed E-state index contributed by atoms with van der Waals surface area (Å²) in [5.41, 5.74) is 0. The van der Waals surface area contributed by atoms with Crippen LogP contribution in [0.2, 0.25) is 12.1 Å². The highest BCUT2D eigenvalue weighted by molar-refractivity contribution is 6.12. The van der Waals surface area contributed by atoms with Gasteiger partial charge in [-0.3, -0.25) is 0 Å². The van der Waals surface area contributed by atoms with Gasteiger partial charge in [0.25, 0.3) is 0 Å². The van der Waals surface area contributed by atoms with E-state index in [0.717, 1.165) is 12.7 Å². The van der Waals surface area contributed by atoms with E-state index in [1.165, 1.54) is 19.3 Å². The number of hydrogen-bond acceptors (Lipinski definition) is 0. The summed E-state index contributed by atoms with van der Waals surface area (Å²) in [7, 11) is 11.3. The molecule has 0 aromatic carbocycles. The third-order valence-corrected chi connectivity index (χ3v) is 2.16. The summed E-state index contributed by atoms with van der Waals surface area (Å²) in [5.74, 6) is 1.15. The SMILES string of the molecule is [B]CC1CCCC([B])C1. The molecule has 1 aliphatic carbocycles. The monoisotopic (exact) mass is 118 g/mol. The van der Waals surface area contributed by atoms with Crippen molar-refractivity contribution in [2.24, 2.45) is 5.92 Å². The van der Waals surface area contributed by atoms with Crippen LogP contribution in [-0.4, -0.2) is 15.7 Å².